The molecule has 1 aromatic heterocycles. The van der Waals surface area contributed by atoms with E-state index in [1.54, 1.807) is 7.05 Å². The highest BCUT2D eigenvalue weighted by molar-refractivity contribution is 6.35. The summed E-state index contributed by atoms with van der Waals surface area (Å²) in [5, 5.41) is 14.5. The van der Waals surface area contributed by atoms with Gasteiger partial charge in [0.2, 0.25) is 0 Å². The molecule has 1 fully saturated rings. The third-order valence-corrected chi connectivity index (χ3v) is 5.42. The number of nitrogens with one attached hydrogen (secondary N) is 1. The zero-order valence-electron chi connectivity index (χ0n) is 17.2. The van der Waals surface area contributed by atoms with Gasteiger partial charge in [0, 0.05) is 12.0 Å². The van der Waals surface area contributed by atoms with Gasteiger partial charge in [0.1, 0.15) is 16.1 Å². The number of carbonyl (C=O) groups excluding carboxylic acids is 1. The van der Waals surface area contributed by atoms with Crippen LogP contribution in [-0.2, 0) is 16.0 Å². The van der Waals surface area contributed by atoms with Gasteiger partial charge in [-0.15, -0.1) is 0 Å². The second kappa shape index (κ2) is 11.0. The summed E-state index contributed by atoms with van der Waals surface area (Å²) >= 11 is 12.4. The summed E-state index contributed by atoms with van der Waals surface area (Å²) < 4.78 is 42.0. The molecule has 7 nitrogen and oxygen atoms in total. The second-order valence-corrected chi connectivity index (χ2v) is 8.16. The summed E-state index contributed by atoms with van der Waals surface area (Å²) in [5.74, 6) is -0.171. The maximum absolute atomic E-state index is 12.8. The Morgan fingerprint density at radius 1 is 1.25 bits per heavy atom. The van der Waals surface area contributed by atoms with Crippen LogP contribution >= 0.6 is 23.2 Å². The van der Waals surface area contributed by atoms with Crippen molar-refractivity contribution in [2.45, 2.75) is 32.0 Å². The summed E-state index contributed by atoms with van der Waals surface area (Å²) in [4.78, 5) is 12.2. The van der Waals surface area contributed by atoms with Gasteiger partial charge >= 0.3 is 12.6 Å². The Morgan fingerprint density at radius 2 is 1.94 bits per heavy atom. The molecule has 0 saturated heterocycles. The molecule has 0 unspecified atom stereocenters. The fraction of sp³-hybridized carbons (Fsp3) is 0.429. The second-order valence-electron chi connectivity index (χ2n) is 7.34. The normalized spacial score (nSPS) is 14.3. The van der Waals surface area contributed by atoms with Gasteiger partial charge in [0.25, 0.3) is 0 Å². The highest BCUT2D eigenvalue weighted by atomic mass is 35.5. The van der Waals surface area contributed by atoms with Crippen molar-refractivity contribution in [3.8, 4) is 11.5 Å². The largest absolute Gasteiger partial charge is 0.619 e. The minimum Gasteiger partial charge on any atom is -0.619 e. The number of ether oxygens (including phenoxy) is 3. The van der Waals surface area contributed by atoms with E-state index in [0.717, 1.165) is 25.2 Å². The van der Waals surface area contributed by atoms with Crippen molar-refractivity contribution in [3.05, 3.63) is 57.0 Å². The van der Waals surface area contributed by atoms with Crippen LogP contribution in [0, 0.1) is 11.1 Å². The number of rotatable bonds is 11. The topological polar surface area (TPSA) is 83.7 Å². The Labute approximate surface area is 193 Å². The van der Waals surface area contributed by atoms with Crippen LogP contribution < -0.4 is 19.5 Å². The summed E-state index contributed by atoms with van der Waals surface area (Å²) in [5.41, 5.74) is 0.865. The standard InChI is InChI=1S/C21H22Cl2F2N2O5/c1-26-8-20(28)31-18(7-14-15(22)9-27(29)10-16(14)23)13-4-5-17(32-21(24)25)19(6-13)30-11-12-2-3-12/h4-6,9-10,12,18,21,26H,2-3,7-8,11H2,1H3/t18-/m0/s1. The highest BCUT2D eigenvalue weighted by Gasteiger charge is 2.26. The first-order valence-electron chi connectivity index (χ1n) is 9.89. The number of hydrogen-bond acceptors (Lipinski definition) is 6. The van der Waals surface area contributed by atoms with E-state index in [-0.39, 0.29) is 34.5 Å². The molecule has 0 spiro atoms. The first-order chi connectivity index (χ1) is 15.3. The minimum absolute atomic E-state index is 0.0467. The average molecular weight is 491 g/mol. The van der Waals surface area contributed by atoms with Crippen molar-refractivity contribution in [1.82, 2.24) is 5.32 Å². The van der Waals surface area contributed by atoms with Gasteiger partial charge in [-0.3, -0.25) is 4.79 Å². The molecule has 1 heterocycles. The molecule has 0 bridgehead atoms. The van der Waals surface area contributed by atoms with Gasteiger partial charge in [0.15, 0.2) is 23.9 Å². The van der Waals surface area contributed by atoms with Gasteiger partial charge in [-0.05, 0) is 43.5 Å². The quantitative estimate of drug-likeness (QED) is 0.290. The molecule has 11 heteroatoms. The van der Waals surface area contributed by atoms with Crippen LogP contribution in [-0.4, -0.2) is 32.8 Å². The average Bonchev–Trinajstić information content (AvgIpc) is 3.53. The Hall–Kier alpha value is -2.36. The summed E-state index contributed by atoms with van der Waals surface area (Å²) in [6, 6.07) is 4.33. The smallest absolute Gasteiger partial charge is 0.387 e. The van der Waals surface area contributed by atoms with Crippen molar-refractivity contribution < 1.29 is 32.5 Å². The maximum Gasteiger partial charge on any atom is 0.387 e. The van der Waals surface area contributed by atoms with E-state index in [0.29, 0.717) is 28.4 Å². The van der Waals surface area contributed by atoms with Gasteiger partial charge in [-0.25, -0.2) is 0 Å². The van der Waals surface area contributed by atoms with E-state index in [2.05, 4.69) is 10.1 Å². The molecule has 1 saturated carbocycles. The third kappa shape index (κ3) is 6.82. The molecule has 1 aromatic carbocycles. The van der Waals surface area contributed by atoms with Gasteiger partial charge < -0.3 is 24.7 Å². The van der Waals surface area contributed by atoms with Gasteiger partial charge in [-0.1, -0.05) is 29.3 Å². The molecular formula is C21H22Cl2F2N2O5. The maximum atomic E-state index is 12.8. The molecule has 1 N–H and O–H groups in total. The highest BCUT2D eigenvalue weighted by Crippen LogP contribution is 2.37. The van der Waals surface area contributed by atoms with Crippen LogP contribution in [0.25, 0.3) is 0 Å². The van der Waals surface area contributed by atoms with Crippen LogP contribution in [0.1, 0.15) is 30.1 Å². The number of carbonyl (C=O) groups is 1. The van der Waals surface area contributed by atoms with Gasteiger partial charge in [0.05, 0.1) is 13.2 Å². The number of aromatic nitrogens is 1. The Kier molecular flexibility index (Phi) is 8.33. The fourth-order valence-electron chi connectivity index (χ4n) is 3.01. The van der Waals surface area contributed by atoms with Crippen LogP contribution in [0.3, 0.4) is 0 Å². The van der Waals surface area contributed by atoms with E-state index < -0.39 is 18.7 Å². The number of pyridine rings is 1. The van der Waals surface area contributed by atoms with E-state index in [1.165, 1.54) is 18.2 Å². The molecule has 0 radical (unpaired) electrons. The molecule has 1 atom stereocenters. The molecule has 174 valence electrons. The lowest BCUT2D eigenvalue weighted by molar-refractivity contribution is -0.605. The van der Waals surface area contributed by atoms with Crippen molar-refractivity contribution in [2.75, 3.05) is 20.2 Å². The number of benzene rings is 1. The number of esters is 1. The molecule has 0 aliphatic heterocycles. The Balaban J connectivity index is 1.93. The predicted molar refractivity (Wildman–Crippen MR) is 113 cm³/mol. The molecular weight excluding hydrogens is 469 g/mol. The van der Waals surface area contributed by atoms with Crippen molar-refractivity contribution in [2.24, 2.45) is 5.92 Å². The number of nitrogens with zero attached hydrogens (tertiary/aromatic N) is 1. The summed E-state index contributed by atoms with van der Waals surface area (Å²) in [6.45, 7) is -2.70. The van der Waals surface area contributed by atoms with Crippen molar-refractivity contribution in [3.63, 3.8) is 0 Å². The number of likely N-dealkylation sites (N-methyl/N-ethyl adjacent to an activating group) is 1. The number of hydrogen-bond donors (Lipinski definition) is 1. The van der Waals surface area contributed by atoms with Crippen LogP contribution in [0.2, 0.25) is 10.0 Å². The van der Waals surface area contributed by atoms with E-state index in [9.17, 15) is 18.8 Å². The molecule has 3 rings (SSSR count). The van der Waals surface area contributed by atoms with E-state index >= 15 is 0 Å². The lowest BCUT2D eigenvalue weighted by Crippen LogP contribution is -2.26. The Bertz CT molecular complexity index is 937. The zero-order chi connectivity index (χ0) is 23.3. The van der Waals surface area contributed by atoms with E-state index in [1.807, 2.05) is 0 Å². The van der Waals surface area contributed by atoms with Gasteiger partial charge in [-0.2, -0.15) is 13.5 Å². The van der Waals surface area contributed by atoms with E-state index in [4.69, 9.17) is 32.7 Å². The third-order valence-electron chi connectivity index (χ3n) is 4.77. The fourth-order valence-corrected chi connectivity index (χ4v) is 3.61. The predicted octanol–water partition coefficient (Wildman–Crippen LogP) is 4.06. The molecule has 2 aromatic rings. The van der Waals surface area contributed by atoms with Crippen LogP contribution in [0.5, 0.6) is 11.5 Å². The van der Waals surface area contributed by atoms with Crippen molar-refractivity contribution in [1.29, 1.82) is 0 Å². The molecule has 0 amide bonds. The number of halogens is 4. The summed E-state index contributed by atoms with van der Waals surface area (Å²) in [6.07, 6.45) is 3.47. The molecule has 1 aliphatic rings. The molecule has 32 heavy (non-hydrogen) atoms. The monoisotopic (exact) mass is 490 g/mol. The lowest BCUT2D eigenvalue weighted by Gasteiger charge is -2.21. The lowest BCUT2D eigenvalue weighted by atomic mass is 10.0. The SMILES string of the molecule is CNCC(=O)O[C@@H](Cc1c(Cl)c[n+]([O-])cc1Cl)c1ccc(OC(F)F)c(OCC2CC2)c1. The van der Waals surface area contributed by atoms with Crippen LogP contribution in [0.4, 0.5) is 8.78 Å². The van der Waals surface area contributed by atoms with Crippen molar-refractivity contribution >= 4 is 29.2 Å². The first kappa shape index (κ1) is 24.3. The number of alkyl halides is 2. The zero-order valence-corrected chi connectivity index (χ0v) is 18.7. The molecule has 1 aliphatic carbocycles. The van der Waals surface area contributed by atoms with Crippen LogP contribution in [0.15, 0.2) is 30.6 Å². The Morgan fingerprint density at radius 3 is 2.53 bits per heavy atom. The minimum atomic E-state index is -3.02. The first-order valence-corrected chi connectivity index (χ1v) is 10.6. The summed E-state index contributed by atoms with van der Waals surface area (Å²) in [7, 11) is 1.59.